The van der Waals surface area contributed by atoms with Crippen LogP contribution in [0.3, 0.4) is 0 Å². The zero-order chi connectivity index (χ0) is 21.4. The molecule has 0 radical (unpaired) electrons. The number of aryl methyl sites for hydroxylation is 1. The van der Waals surface area contributed by atoms with Gasteiger partial charge in [-0.05, 0) is 90.5 Å². The minimum absolute atomic E-state index is 0.0134. The van der Waals surface area contributed by atoms with Crippen LogP contribution in [0.2, 0.25) is 0 Å². The fourth-order valence-electron chi connectivity index (χ4n) is 6.80. The van der Waals surface area contributed by atoms with Gasteiger partial charge in [0.15, 0.2) is 0 Å². The molecule has 1 N–H and O–H groups in total. The minimum atomic E-state index is -0.730. The van der Waals surface area contributed by atoms with E-state index in [1.54, 1.807) is 12.1 Å². The molecule has 3 aliphatic carbocycles. The number of fused-ring (bicyclic) bond motifs is 3. The summed E-state index contributed by atoms with van der Waals surface area (Å²) in [4.78, 5) is 0. The Hall–Kier alpha value is -2.79. The first-order valence-electron chi connectivity index (χ1n) is 11.1. The van der Waals surface area contributed by atoms with Gasteiger partial charge >= 0.3 is 0 Å². The van der Waals surface area contributed by atoms with Crippen molar-refractivity contribution in [1.29, 1.82) is 0 Å². The van der Waals surface area contributed by atoms with Crippen molar-refractivity contribution in [3.8, 4) is 11.3 Å². The zero-order valence-electron chi connectivity index (χ0n) is 17.7. The maximum Gasteiger partial charge on any atom is 0.123 e. The van der Waals surface area contributed by atoms with Crippen molar-refractivity contribution in [2.24, 2.45) is 5.41 Å². The Kier molecular flexibility index (Phi) is 3.89. The van der Waals surface area contributed by atoms with Gasteiger partial charge in [-0.3, -0.25) is 4.68 Å². The molecular weight excluding hydrogens is 389 g/mol. The van der Waals surface area contributed by atoms with Crippen LogP contribution in [0.25, 0.3) is 11.3 Å². The molecule has 2 saturated carbocycles. The fraction of sp³-hybridized carbons (Fsp3) is 0.385. The number of rotatable bonds is 3. The number of nitrogens with zero attached hydrogens (tertiary/aromatic N) is 3. The van der Waals surface area contributed by atoms with Gasteiger partial charge in [-0.1, -0.05) is 30.0 Å². The van der Waals surface area contributed by atoms with Crippen LogP contribution in [-0.4, -0.2) is 25.7 Å². The summed E-state index contributed by atoms with van der Waals surface area (Å²) < 4.78 is 15.2. The lowest BCUT2D eigenvalue weighted by Gasteiger charge is -2.42. The van der Waals surface area contributed by atoms with E-state index in [0.29, 0.717) is 12.5 Å². The van der Waals surface area contributed by atoms with E-state index in [1.165, 1.54) is 28.8 Å². The summed E-state index contributed by atoms with van der Waals surface area (Å²) in [5.74, 6) is 0.445. The summed E-state index contributed by atoms with van der Waals surface area (Å²) in [5.41, 5.74) is 6.03. The molecule has 6 rings (SSSR count). The number of benzene rings is 2. The van der Waals surface area contributed by atoms with E-state index < -0.39 is 5.60 Å². The quantitative estimate of drug-likeness (QED) is 0.603. The lowest BCUT2D eigenvalue weighted by Crippen LogP contribution is -2.39. The SMILES string of the molecule is C=C1C[C@]23C[C@@]1(O)CC[C@@H]2c1cccc(C)c1[C@@H]3Cn1cc(-c2ccc(F)cc2)nn1. The molecule has 2 bridgehead atoms. The highest BCUT2D eigenvalue weighted by molar-refractivity contribution is 5.57. The topological polar surface area (TPSA) is 50.9 Å². The van der Waals surface area contributed by atoms with Gasteiger partial charge in [0.25, 0.3) is 0 Å². The first kappa shape index (κ1) is 18.9. The van der Waals surface area contributed by atoms with Crippen LogP contribution in [0, 0.1) is 18.2 Å². The van der Waals surface area contributed by atoms with Gasteiger partial charge in [-0.2, -0.15) is 0 Å². The van der Waals surface area contributed by atoms with Crippen LogP contribution in [0.1, 0.15) is 54.2 Å². The fourth-order valence-corrected chi connectivity index (χ4v) is 6.80. The van der Waals surface area contributed by atoms with Gasteiger partial charge in [0.05, 0.1) is 18.3 Å². The molecule has 0 unspecified atom stereocenters. The highest BCUT2D eigenvalue weighted by Crippen LogP contribution is 2.71. The second kappa shape index (κ2) is 6.36. The predicted molar refractivity (Wildman–Crippen MR) is 117 cm³/mol. The van der Waals surface area contributed by atoms with Gasteiger partial charge in [0.1, 0.15) is 11.5 Å². The molecule has 1 spiro atoms. The predicted octanol–water partition coefficient (Wildman–Crippen LogP) is 5.13. The lowest BCUT2D eigenvalue weighted by atomic mass is 9.63. The maximum atomic E-state index is 13.3. The summed E-state index contributed by atoms with van der Waals surface area (Å²) in [7, 11) is 0. The smallest absolute Gasteiger partial charge is 0.123 e. The molecule has 2 fully saturated rings. The number of halogens is 1. The van der Waals surface area contributed by atoms with Gasteiger partial charge in [0, 0.05) is 11.5 Å². The van der Waals surface area contributed by atoms with Crippen molar-refractivity contribution in [2.45, 2.75) is 56.6 Å². The van der Waals surface area contributed by atoms with Crippen LogP contribution in [0.4, 0.5) is 4.39 Å². The van der Waals surface area contributed by atoms with Gasteiger partial charge < -0.3 is 5.11 Å². The standard InChI is InChI=1S/C26H26FN3O/c1-16-4-3-5-20-21-10-11-26(31)15-25(21,12-17(26)2)22(24(16)20)13-30-14-23(28-29-30)18-6-8-19(27)9-7-18/h3-9,14,21-22,31H,2,10-13,15H2,1H3/t21-,22+,25+,26+/m1/s1. The van der Waals surface area contributed by atoms with Crippen molar-refractivity contribution in [1.82, 2.24) is 15.0 Å². The Morgan fingerprint density at radius 3 is 2.84 bits per heavy atom. The summed E-state index contributed by atoms with van der Waals surface area (Å²) in [6.07, 6.45) is 5.40. The number of hydrogen-bond acceptors (Lipinski definition) is 3. The number of aliphatic hydroxyl groups is 1. The summed E-state index contributed by atoms with van der Waals surface area (Å²) >= 11 is 0. The normalized spacial score (nSPS) is 31.0. The van der Waals surface area contributed by atoms with Crippen LogP contribution >= 0.6 is 0 Å². The molecule has 1 heterocycles. The summed E-state index contributed by atoms with van der Waals surface area (Å²) in [5, 5.41) is 20.0. The third kappa shape index (κ3) is 2.62. The Balaban J connectivity index is 1.41. The number of aromatic nitrogens is 3. The van der Waals surface area contributed by atoms with Crippen LogP contribution in [-0.2, 0) is 6.54 Å². The van der Waals surface area contributed by atoms with Crippen molar-refractivity contribution < 1.29 is 9.50 Å². The average molecular weight is 416 g/mol. The maximum absolute atomic E-state index is 13.3. The number of hydrogen-bond donors (Lipinski definition) is 1. The summed E-state index contributed by atoms with van der Waals surface area (Å²) in [6.45, 7) is 7.20. The molecule has 0 aliphatic heterocycles. The first-order chi connectivity index (χ1) is 14.9. The Morgan fingerprint density at radius 2 is 2.03 bits per heavy atom. The Morgan fingerprint density at radius 1 is 1.23 bits per heavy atom. The molecule has 31 heavy (non-hydrogen) atoms. The second-order valence-corrected chi connectivity index (χ2v) is 9.78. The van der Waals surface area contributed by atoms with E-state index in [2.05, 4.69) is 42.0 Å². The van der Waals surface area contributed by atoms with E-state index in [9.17, 15) is 9.50 Å². The summed E-state index contributed by atoms with van der Waals surface area (Å²) in [6, 6.07) is 13.0. The molecule has 4 nitrogen and oxygen atoms in total. The highest BCUT2D eigenvalue weighted by atomic mass is 19.1. The molecule has 3 aromatic rings. The molecule has 158 valence electrons. The van der Waals surface area contributed by atoms with Gasteiger partial charge in [-0.15, -0.1) is 5.10 Å². The van der Waals surface area contributed by atoms with Crippen LogP contribution < -0.4 is 0 Å². The Labute approximate surface area is 181 Å². The van der Waals surface area contributed by atoms with Crippen LogP contribution in [0.5, 0.6) is 0 Å². The largest absolute Gasteiger partial charge is 0.386 e. The van der Waals surface area contributed by atoms with E-state index >= 15 is 0 Å². The third-order valence-electron chi connectivity index (χ3n) is 8.19. The van der Waals surface area contributed by atoms with Gasteiger partial charge in [0.2, 0.25) is 0 Å². The Bertz CT molecular complexity index is 1200. The van der Waals surface area contributed by atoms with Crippen molar-refractivity contribution in [3.05, 3.63) is 83.3 Å². The average Bonchev–Trinajstić information content (AvgIpc) is 3.36. The third-order valence-corrected chi connectivity index (χ3v) is 8.19. The highest BCUT2D eigenvalue weighted by Gasteiger charge is 2.64. The van der Waals surface area contributed by atoms with Crippen LogP contribution in [0.15, 0.2) is 60.8 Å². The van der Waals surface area contributed by atoms with E-state index in [-0.39, 0.29) is 17.2 Å². The van der Waals surface area contributed by atoms with E-state index in [4.69, 9.17) is 0 Å². The molecular formula is C26H26FN3O. The monoisotopic (exact) mass is 415 g/mol. The zero-order valence-corrected chi connectivity index (χ0v) is 17.7. The molecule has 0 saturated heterocycles. The molecule has 1 aromatic heterocycles. The molecule has 5 heteroatoms. The molecule has 2 aromatic carbocycles. The second-order valence-electron chi connectivity index (χ2n) is 9.78. The first-order valence-corrected chi connectivity index (χ1v) is 11.1. The van der Waals surface area contributed by atoms with E-state index in [0.717, 1.165) is 42.5 Å². The molecule has 4 atom stereocenters. The molecule has 3 aliphatic rings. The minimum Gasteiger partial charge on any atom is -0.386 e. The van der Waals surface area contributed by atoms with Crippen molar-refractivity contribution in [3.63, 3.8) is 0 Å². The van der Waals surface area contributed by atoms with E-state index in [1.807, 2.05) is 10.9 Å². The van der Waals surface area contributed by atoms with Crippen molar-refractivity contribution >= 4 is 0 Å². The van der Waals surface area contributed by atoms with Crippen molar-refractivity contribution in [2.75, 3.05) is 0 Å². The molecule has 0 amide bonds. The van der Waals surface area contributed by atoms with Gasteiger partial charge in [-0.25, -0.2) is 4.39 Å². The lowest BCUT2D eigenvalue weighted by molar-refractivity contribution is 0.00371.